The highest BCUT2D eigenvalue weighted by Gasteiger charge is 2.16. The molecule has 0 aliphatic heterocycles. The van der Waals surface area contributed by atoms with Crippen LogP contribution in [0.15, 0.2) is 29.1 Å². The number of aliphatic hydroxyl groups excluding tert-OH is 1. The molecule has 3 rings (SSSR count). The van der Waals surface area contributed by atoms with E-state index in [4.69, 9.17) is 9.47 Å². The molecule has 0 aliphatic rings. The highest BCUT2D eigenvalue weighted by molar-refractivity contribution is 9.10. The Morgan fingerprint density at radius 3 is 2.52 bits per heavy atom. The van der Waals surface area contributed by atoms with Gasteiger partial charge in [0.1, 0.15) is 28.2 Å². The maximum absolute atomic E-state index is 10.5. The summed E-state index contributed by atoms with van der Waals surface area (Å²) in [6.07, 6.45) is 0.684. The van der Waals surface area contributed by atoms with Gasteiger partial charge in [-0.1, -0.05) is 0 Å². The molecular formula is C16H18BrN5O3. The number of hydrogen-bond donors (Lipinski definition) is 2. The molecule has 0 bridgehead atoms. The van der Waals surface area contributed by atoms with Crippen molar-refractivity contribution in [3.63, 3.8) is 0 Å². The minimum atomic E-state index is -0.774. The molecule has 0 saturated carbocycles. The third-order valence-electron chi connectivity index (χ3n) is 3.80. The summed E-state index contributed by atoms with van der Waals surface area (Å²) in [5.74, 6) is 1.83. The van der Waals surface area contributed by atoms with E-state index in [9.17, 15) is 5.11 Å². The lowest BCUT2D eigenvalue weighted by Gasteiger charge is -2.15. The molecule has 25 heavy (non-hydrogen) atoms. The summed E-state index contributed by atoms with van der Waals surface area (Å²) in [6.45, 7) is 0.254. The number of halogens is 1. The molecule has 8 nitrogen and oxygen atoms in total. The first-order chi connectivity index (χ1) is 12.0. The van der Waals surface area contributed by atoms with Crippen molar-refractivity contribution in [3.8, 4) is 11.5 Å². The minimum Gasteiger partial charge on any atom is -0.497 e. The summed E-state index contributed by atoms with van der Waals surface area (Å²) in [6, 6.07) is 5.29. The van der Waals surface area contributed by atoms with E-state index in [1.54, 1.807) is 44.1 Å². The van der Waals surface area contributed by atoms with Crippen LogP contribution in [0.25, 0.3) is 11.0 Å². The van der Waals surface area contributed by atoms with Crippen molar-refractivity contribution in [2.75, 3.05) is 26.1 Å². The van der Waals surface area contributed by atoms with Gasteiger partial charge in [-0.25, -0.2) is 14.6 Å². The third kappa shape index (κ3) is 3.52. The normalized spacial score (nSPS) is 12.2. The molecule has 9 heteroatoms. The van der Waals surface area contributed by atoms with E-state index < -0.39 is 6.10 Å². The van der Waals surface area contributed by atoms with Crippen LogP contribution in [0.2, 0.25) is 0 Å². The number of ether oxygens (including phenoxy) is 2. The molecule has 132 valence electrons. The SMILES string of the molecule is COc1cc(OC)cc(C(O)CNc2ncnc3c2c(Br)nn3C)c1. The fraction of sp³-hybridized carbons (Fsp3) is 0.312. The van der Waals surface area contributed by atoms with Gasteiger partial charge in [0, 0.05) is 19.7 Å². The Bertz CT molecular complexity index is 877. The van der Waals surface area contributed by atoms with Gasteiger partial charge in [0.2, 0.25) is 0 Å². The van der Waals surface area contributed by atoms with Gasteiger partial charge in [-0.2, -0.15) is 5.10 Å². The van der Waals surface area contributed by atoms with Crippen LogP contribution in [0.3, 0.4) is 0 Å². The van der Waals surface area contributed by atoms with Gasteiger partial charge < -0.3 is 19.9 Å². The van der Waals surface area contributed by atoms with Gasteiger partial charge in [0.15, 0.2) is 5.65 Å². The number of aryl methyl sites for hydroxylation is 1. The molecule has 2 heterocycles. The zero-order chi connectivity index (χ0) is 18.0. The molecule has 1 unspecified atom stereocenters. The average molecular weight is 408 g/mol. The highest BCUT2D eigenvalue weighted by Crippen LogP contribution is 2.29. The lowest BCUT2D eigenvalue weighted by molar-refractivity contribution is 0.190. The second-order valence-electron chi connectivity index (χ2n) is 5.38. The Balaban J connectivity index is 1.82. The standard InChI is InChI=1S/C16H18BrN5O3/c1-22-16-13(14(17)21-22)15(19-8-20-16)18-7-12(23)9-4-10(24-2)6-11(5-9)25-3/h4-6,8,12,23H,7H2,1-3H3,(H,18,19,20). The lowest BCUT2D eigenvalue weighted by atomic mass is 10.1. The number of fused-ring (bicyclic) bond motifs is 1. The summed E-state index contributed by atoms with van der Waals surface area (Å²) < 4.78 is 12.8. The summed E-state index contributed by atoms with van der Waals surface area (Å²) >= 11 is 3.41. The van der Waals surface area contributed by atoms with E-state index in [1.165, 1.54) is 6.33 Å². The molecule has 1 aromatic carbocycles. The van der Waals surface area contributed by atoms with Gasteiger partial charge >= 0.3 is 0 Å². The van der Waals surface area contributed by atoms with Gasteiger partial charge in [0.25, 0.3) is 0 Å². The molecular weight excluding hydrogens is 390 g/mol. The number of methoxy groups -OCH3 is 2. The van der Waals surface area contributed by atoms with E-state index in [-0.39, 0.29) is 6.54 Å². The topological polar surface area (TPSA) is 94.3 Å². The van der Waals surface area contributed by atoms with E-state index in [0.717, 1.165) is 5.39 Å². The first-order valence-electron chi connectivity index (χ1n) is 7.51. The summed E-state index contributed by atoms with van der Waals surface area (Å²) in [5.41, 5.74) is 1.38. The molecule has 1 atom stereocenters. The van der Waals surface area contributed by atoms with Gasteiger partial charge in [-0.3, -0.25) is 0 Å². The number of rotatable bonds is 6. The van der Waals surface area contributed by atoms with Crippen molar-refractivity contribution in [1.29, 1.82) is 0 Å². The number of anilines is 1. The number of benzene rings is 1. The average Bonchev–Trinajstić information content (AvgIpc) is 2.93. The maximum Gasteiger partial charge on any atom is 0.164 e. The van der Waals surface area contributed by atoms with Crippen LogP contribution in [0.1, 0.15) is 11.7 Å². The molecule has 0 amide bonds. The monoisotopic (exact) mass is 407 g/mol. The van der Waals surface area contributed by atoms with Crippen molar-refractivity contribution < 1.29 is 14.6 Å². The number of aromatic nitrogens is 4. The van der Waals surface area contributed by atoms with Crippen molar-refractivity contribution in [3.05, 3.63) is 34.7 Å². The van der Waals surface area contributed by atoms with Crippen molar-refractivity contribution in [1.82, 2.24) is 19.7 Å². The van der Waals surface area contributed by atoms with Crippen molar-refractivity contribution >= 4 is 32.8 Å². The first kappa shape index (κ1) is 17.4. The smallest absolute Gasteiger partial charge is 0.164 e. The second-order valence-corrected chi connectivity index (χ2v) is 6.13. The highest BCUT2D eigenvalue weighted by atomic mass is 79.9. The lowest BCUT2D eigenvalue weighted by Crippen LogP contribution is -2.13. The van der Waals surface area contributed by atoms with Crippen LogP contribution in [0.5, 0.6) is 11.5 Å². The Morgan fingerprint density at radius 1 is 1.20 bits per heavy atom. The quantitative estimate of drug-likeness (QED) is 0.646. The molecule has 2 aromatic heterocycles. The minimum absolute atomic E-state index is 0.254. The van der Waals surface area contributed by atoms with Crippen LogP contribution in [0.4, 0.5) is 5.82 Å². The number of hydrogen-bond acceptors (Lipinski definition) is 7. The van der Waals surface area contributed by atoms with Crippen LogP contribution in [-0.2, 0) is 7.05 Å². The van der Waals surface area contributed by atoms with Gasteiger partial charge in [-0.05, 0) is 33.6 Å². The Labute approximate surface area is 152 Å². The van der Waals surface area contributed by atoms with E-state index in [0.29, 0.717) is 33.1 Å². The zero-order valence-corrected chi connectivity index (χ0v) is 15.6. The molecule has 0 spiro atoms. The van der Waals surface area contributed by atoms with Crippen LogP contribution in [0, 0.1) is 0 Å². The Morgan fingerprint density at radius 2 is 1.88 bits per heavy atom. The summed E-state index contributed by atoms with van der Waals surface area (Å²) in [5, 5.41) is 18.7. The fourth-order valence-corrected chi connectivity index (χ4v) is 3.11. The van der Waals surface area contributed by atoms with Crippen LogP contribution in [-0.4, -0.2) is 45.6 Å². The van der Waals surface area contributed by atoms with Gasteiger partial charge in [0.05, 0.1) is 25.7 Å². The molecule has 2 N–H and O–H groups in total. The van der Waals surface area contributed by atoms with Crippen LogP contribution >= 0.6 is 15.9 Å². The Hall–Kier alpha value is -2.39. The summed E-state index contributed by atoms with van der Waals surface area (Å²) in [4.78, 5) is 8.46. The van der Waals surface area contributed by atoms with Crippen LogP contribution < -0.4 is 14.8 Å². The number of nitrogens with one attached hydrogen (secondary N) is 1. The van der Waals surface area contributed by atoms with Crippen molar-refractivity contribution in [2.45, 2.75) is 6.10 Å². The maximum atomic E-state index is 10.5. The van der Waals surface area contributed by atoms with E-state index in [1.807, 2.05) is 0 Å². The molecule has 3 aromatic rings. The predicted molar refractivity (Wildman–Crippen MR) is 97.0 cm³/mol. The summed E-state index contributed by atoms with van der Waals surface area (Å²) in [7, 11) is 4.95. The molecule has 0 aliphatic carbocycles. The first-order valence-corrected chi connectivity index (χ1v) is 8.31. The van der Waals surface area contributed by atoms with E-state index >= 15 is 0 Å². The number of aliphatic hydroxyl groups is 1. The zero-order valence-electron chi connectivity index (χ0n) is 14.0. The van der Waals surface area contributed by atoms with Crippen molar-refractivity contribution in [2.24, 2.45) is 7.05 Å². The molecule has 0 fully saturated rings. The Kier molecular flexibility index (Phi) is 5.05. The molecule has 0 saturated heterocycles. The number of nitrogens with zero attached hydrogens (tertiary/aromatic N) is 4. The largest absolute Gasteiger partial charge is 0.497 e. The fourth-order valence-electron chi connectivity index (χ4n) is 2.51. The second kappa shape index (κ2) is 7.24. The van der Waals surface area contributed by atoms with Gasteiger partial charge in [-0.15, -0.1) is 0 Å². The predicted octanol–water partition coefficient (Wildman–Crippen LogP) is 2.29. The third-order valence-corrected chi connectivity index (χ3v) is 4.35. The molecule has 0 radical (unpaired) electrons. The van der Waals surface area contributed by atoms with E-state index in [2.05, 4.69) is 36.3 Å².